The first-order chi connectivity index (χ1) is 34.2. The first-order valence-corrected chi connectivity index (χ1v) is 23.9. The molecule has 0 bridgehead atoms. The van der Waals surface area contributed by atoms with Gasteiger partial charge in [0.25, 0.3) is 0 Å². The Kier molecular flexibility index (Phi) is 9.83. The standard InChI is InChI=1S/C65H46BN3/c1-45-31-32-51(48-23-11-4-12-24-48)42-61(45)68-60-40-35-50(47-21-9-3-10-22-47)41-59(60)66-65-63(68)43-52-25-17-18-30-57(52)64(65)58-39-38-56(67(53-26-13-5-14-27-53)54-28-15-6-16-29-54)44-62(58)69(66)55-36-33-49(34-37-55)46-19-7-2-8-20-46/h2-44H,1H3. The number of rotatable bonds is 8. The second-order valence-electron chi connectivity index (χ2n) is 18.1. The van der Waals surface area contributed by atoms with Crippen LogP contribution in [0.5, 0.6) is 0 Å². The summed E-state index contributed by atoms with van der Waals surface area (Å²) in [5, 5.41) is 2.46. The van der Waals surface area contributed by atoms with Crippen molar-refractivity contribution in [3.05, 3.63) is 266 Å². The lowest BCUT2D eigenvalue weighted by Crippen LogP contribution is -2.61. The van der Waals surface area contributed by atoms with Crippen molar-refractivity contribution in [1.82, 2.24) is 0 Å². The van der Waals surface area contributed by atoms with E-state index in [4.69, 9.17) is 0 Å². The third kappa shape index (κ3) is 6.91. The van der Waals surface area contributed by atoms with E-state index in [1.165, 1.54) is 88.8 Å². The molecule has 0 aliphatic carbocycles. The van der Waals surface area contributed by atoms with E-state index >= 15 is 0 Å². The first kappa shape index (κ1) is 40.4. The Morgan fingerprint density at radius 2 is 0.884 bits per heavy atom. The number of benzene rings is 11. The predicted molar refractivity (Wildman–Crippen MR) is 293 cm³/mol. The molecule has 0 N–H and O–H groups in total. The van der Waals surface area contributed by atoms with Crippen LogP contribution in [0.1, 0.15) is 5.56 Å². The van der Waals surface area contributed by atoms with Crippen LogP contribution >= 0.6 is 0 Å². The third-order valence-electron chi connectivity index (χ3n) is 14.1. The summed E-state index contributed by atoms with van der Waals surface area (Å²) < 4.78 is 0. The van der Waals surface area contributed by atoms with Crippen LogP contribution in [-0.2, 0) is 0 Å². The molecule has 0 saturated heterocycles. The molecular formula is C65H46BN3. The van der Waals surface area contributed by atoms with Crippen LogP contribution in [-0.4, -0.2) is 6.85 Å². The normalized spacial score (nSPS) is 12.3. The molecule has 0 saturated carbocycles. The molecule has 2 aliphatic heterocycles. The van der Waals surface area contributed by atoms with Crippen LogP contribution in [0, 0.1) is 6.92 Å². The van der Waals surface area contributed by atoms with Crippen molar-refractivity contribution in [3.63, 3.8) is 0 Å². The summed E-state index contributed by atoms with van der Waals surface area (Å²) in [6.45, 7) is 2.06. The Hall–Kier alpha value is -8.86. The Labute approximate surface area is 404 Å². The molecule has 0 atom stereocenters. The Morgan fingerprint density at radius 3 is 1.52 bits per heavy atom. The highest BCUT2D eigenvalue weighted by atomic mass is 15.2. The molecule has 0 fully saturated rings. The minimum Gasteiger partial charge on any atom is -0.376 e. The zero-order valence-corrected chi connectivity index (χ0v) is 38.2. The van der Waals surface area contributed by atoms with E-state index in [2.05, 4.69) is 282 Å². The average Bonchev–Trinajstić information content (AvgIpc) is 3.42. The summed E-state index contributed by atoms with van der Waals surface area (Å²) in [6, 6.07) is 95.7. The van der Waals surface area contributed by atoms with E-state index in [1.807, 2.05) is 0 Å². The maximum Gasteiger partial charge on any atom is 0.333 e. The zero-order valence-electron chi connectivity index (χ0n) is 38.2. The number of para-hydroxylation sites is 2. The molecule has 3 nitrogen and oxygen atoms in total. The summed E-state index contributed by atoms with van der Waals surface area (Å²) >= 11 is 0. The van der Waals surface area contributed by atoms with Crippen LogP contribution in [0.15, 0.2) is 261 Å². The van der Waals surface area contributed by atoms with Gasteiger partial charge >= 0.3 is 6.85 Å². The summed E-state index contributed by atoms with van der Waals surface area (Å²) in [7, 11) is 0. The number of aryl methyl sites for hydroxylation is 1. The van der Waals surface area contributed by atoms with Crippen molar-refractivity contribution in [1.29, 1.82) is 0 Å². The van der Waals surface area contributed by atoms with Gasteiger partial charge in [0.15, 0.2) is 0 Å². The van der Waals surface area contributed by atoms with Crippen molar-refractivity contribution in [2.75, 3.05) is 14.6 Å². The van der Waals surface area contributed by atoms with E-state index < -0.39 is 0 Å². The molecule has 0 unspecified atom stereocenters. The smallest absolute Gasteiger partial charge is 0.333 e. The largest absolute Gasteiger partial charge is 0.376 e. The van der Waals surface area contributed by atoms with Gasteiger partial charge < -0.3 is 14.6 Å². The van der Waals surface area contributed by atoms with Gasteiger partial charge in [-0.25, -0.2) is 0 Å². The van der Waals surface area contributed by atoms with Crippen LogP contribution in [0.2, 0.25) is 0 Å². The van der Waals surface area contributed by atoms with Crippen molar-refractivity contribution < 1.29 is 0 Å². The maximum atomic E-state index is 2.64. The van der Waals surface area contributed by atoms with Crippen LogP contribution in [0.4, 0.5) is 45.5 Å². The van der Waals surface area contributed by atoms with Crippen LogP contribution in [0.3, 0.4) is 0 Å². The molecule has 2 heterocycles. The number of anilines is 8. The quantitative estimate of drug-likeness (QED) is 0.141. The van der Waals surface area contributed by atoms with Gasteiger partial charge in [-0.1, -0.05) is 194 Å². The van der Waals surface area contributed by atoms with E-state index in [1.54, 1.807) is 0 Å². The van der Waals surface area contributed by atoms with Gasteiger partial charge in [-0.15, -0.1) is 0 Å². The summed E-state index contributed by atoms with van der Waals surface area (Å²) in [4.78, 5) is 7.59. The van der Waals surface area contributed by atoms with Gasteiger partial charge in [0.05, 0.1) is 0 Å². The fourth-order valence-corrected chi connectivity index (χ4v) is 10.9. The highest BCUT2D eigenvalue weighted by Crippen LogP contribution is 2.51. The number of hydrogen-bond donors (Lipinski definition) is 0. The van der Waals surface area contributed by atoms with E-state index in [0.717, 1.165) is 28.4 Å². The monoisotopic (exact) mass is 879 g/mol. The Morgan fingerprint density at radius 1 is 0.362 bits per heavy atom. The lowest BCUT2D eigenvalue weighted by Gasteiger charge is -2.46. The van der Waals surface area contributed by atoms with Gasteiger partial charge in [-0.2, -0.15) is 0 Å². The van der Waals surface area contributed by atoms with Gasteiger partial charge in [0.1, 0.15) is 0 Å². The molecule has 11 aromatic carbocycles. The second kappa shape index (κ2) is 16.8. The van der Waals surface area contributed by atoms with E-state index in [9.17, 15) is 0 Å². The minimum absolute atomic E-state index is 0.195. The van der Waals surface area contributed by atoms with Gasteiger partial charge in [0, 0.05) is 51.1 Å². The molecule has 0 amide bonds. The summed E-state index contributed by atoms with van der Waals surface area (Å²) in [5.41, 5.74) is 22.5. The SMILES string of the molecule is Cc1ccc(-c2ccccc2)cc1N1c2ccc(-c3ccccc3)cc2B2c3c1cc1ccccc1c3-c1ccc(N(c3ccccc3)c3ccccc3)cc1N2c1ccc(-c2ccccc2)cc1. The van der Waals surface area contributed by atoms with Gasteiger partial charge in [-0.05, 0) is 140 Å². The third-order valence-corrected chi connectivity index (χ3v) is 14.1. The average molecular weight is 880 g/mol. The number of fused-ring (bicyclic) bond motifs is 6. The number of hydrogen-bond acceptors (Lipinski definition) is 3. The molecule has 4 heteroatoms. The predicted octanol–water partition coefficient (Wildman–Crippen LogP) is 16.3. The van der Waals surface area contributed by atoms with Crippen LogP contribution < -0.4 is 25.5 Å². The molecule has 69 heavy (non-hydrogen) atoms. The first-order valence-electron chi connectivity index (χ1n) is 23.9. The molecule has 2 aliphatic rings. The fraction of sp³-hybridized carbons (Fsp3) is 0.0154. The van der Waals surface area contributed by atoms with Crippen LogP contribution in [0.25, 0.3) is 55.3 Å². The minimum atomic E-state index is -0.195. The van der Waals surface area contributed by atoms with Crippen molar-refractivity contribution in [2.24, 2.45) is 0 Å². The molecule has 0 radical (unpaired) electrons. The van der Waals surface area contributed by atoms with Gasteiger partial charge in [-0.3, -0.25) is 0 Å². The van der Waals surface area contributed by atoms with Crippen molar-refractivity contribution >= 4 is 74.0 Å². The van der Waals surface area contributed by atoms with Gasteiger partial charge in [0.2, 0.25) is 0 Å². The molecule has 324 valence electrons. The molecule has 13 rings (SSSR count). The lowest BCUT2D eigenvalue weighted by molar-refractivity contribution is 1.24. The van der Waals surface area contributed by atoms with Crippen molar-refractivity contribution in [2.45, 2.75) is 6.92 Å². The lowest BCUT2D eigenvalue weighted by atomic mass is 9.43. The zero-order chi connectivity index (χ0) is 45.8. The van der Waals surface area contributed by atoms with E-state index in [0.29, 0.717) is 0 Å². The van der Waals surface area contributed by atoms with Crippen molar-refractivity contribution in [3.8, 4) is 44.5 Å². The Bertz CT molecular complexity index is 3630. The fourth-order valence-electron chi connectivity index (χ4n) is 10.9. The molecule has 0 spiro atoms. The molecule has 11 aromatic rings. The molecular weight excluding hydrogens is 834 g/mol. The highest BCUT2D eigenvalue weighted by Gasteiger charge is 2.46. The second-order valence-corrected chi connectivity index (χ2v) is 18.1. The highest BCUT2D eigenvalue weighted by molar-refractivity contribution is 6.94. The van der Waals surface area contributed by atoms with E-state index in [-0.39, 0.29) is 6.85 Å². The summed E-state index contributed by atoms with van der Waals surface area (Å²) in [5.74, 6) is 0. The number of nitrogens with zero attached hydrogens (tertiary/aromatic N) is 3. The maximum absolute atomic E-state index is 2.64. The summed E-state index contributed by atoms with van der Waals surface area (Å²) in [6.07, 6.45) is 0. The molecule has 0 aromatic heterocycles. The topological polar surface area (TPSA) is 9.72 Å². The Balaban J connectivity index is 1.13.